The first-order valence-corrected chi connectivity index (χ1v) is 6.68. The maximum Gasteiger partial charge on any atom is 0.283 e. The summed E-state index contributed by atoms with van der Waals surface area (Å²) in [7, 11) is 0. The summed E-state index contributed by atoms with van der Waals surface area (Å²) in [5.41, 5.74) is 0.507. The predicted octanol–water partition coefficient (Wildman–Crippen LogP) is 2.49. The summed E-state index contributed by atoms with van der Waals surface area (Å²) in [5, 5.41) is -0.0944. The Balaban J connectivity index is 2.40. The summed E-state index contributed by atoms with van der Waals surface area (Å²) in [4.78, 5) is 27.2. The highest BCUT2D eigenvalue weighted by molar-refractivity contribution is 6.52. The second-order valence-electron chi connectivity index (χ2n) is 4.26. The van der Waals surface area contributed by atoms with Gasteiger partial charge in [-0.2, -0.15) is 0 Å². The third-order valence-corrected chi connectivity index (χ3v) is 3.51. The minimum atomic E-state index is -0.579. The van der Waals surface area contributed by atoms with Crippen molar-refractivity contribution in [3.8, 4) is 0 Å². The van der Waals surface area contributed by atoms with Crippen molar-refractivity contribution in [2.75, 3.05) is 18.0 Å². The van der Waals surface area contributed by atoms with Gasteiger partial charge >= 0.3 is 0 Å². The van der Waals surface area contributed by atoms with Crippen molar-refractivity contribution >= 4 is 29.1 Å². The van der Waals surface area contributed by atoms with Crippen LogP contribution < -0.4 is 4.90 Å². The smallest absolute Gasteiger partial charge is 0.283 e. The number of nitrogens with zero attached hydrogens (tertiary/aromatic N) is 2. The molecule has 1 aromatic rings. The maximum absolute atomic E-state index is 12.9. The van der Waals surface area contributed by atoms with Crippen molar-refractivity contribution in [2.24, 2.45) is 0 Å². The first kappa shape index (κ1) is 14.5. The third kappa shape index (κ3) is 2.29. The van der Waals surface area contributed by atoms with Crippen LogP contribution in [-0.2, 0) is 9.59 Å². The first-order valence-electron chi connectivity index (χ1n) is 6.30. The molecule has 2 rings (SSSR count). The van der Waals surface area contributed by atoms with Gasteiger partial charge in [0.25, 0.3) is 11.8 Å². The Kier molecular flexibility index (Phi) is 4.09. The van der Waals surface area contributed by atoms with Gasteiger partial charge in [-0.15, -0.1) is 0 Å². The molecule has 0 aliphatic carbocycles. The van der Waals surface area contributed by atoms with Gasteiger partial charge in [0, 0.05) is 13.1 Å². The van der Waals surface area contributed by atoms with Crippen molar-refractivity contribution in [3.63, 3.8) is 0 Å². The molecule has 1 aliphatic rings. The number of imide groups is 1. The van der Waals surface area contributed by atoms with E-state index in [1.54, 1.807) is 4.90 Å². The standard InChI is InChI=1S/C14H14ClFN2O2/c1-3-17(4-2)12-11(15)13(19)18(14(12)20)10-7-5-9(16)6-8-10/h5-8H,3-4H2,1-2H3. The molecule has 0 unspecified atom stereocenters. The van der Waals surface area contributed by atoms with Gasteiger partial charge in [-0.3, -0.25) is 9.59 Å². The van der Waals surface area contributed by atoms with Gasteiger partial charge in [0.1, 0.15) is 16.5 Å². The zero-order valence-electron chi connectivity index (χ0n) is 11.2. The summed E-state index contributed by atoms with van der Waals surface area (Å²) >= 11 is 6.00. The number of benzene rings is 1. The molecular weight excluding hydrogens is 283 g/mol. The molecule has 4 nitrogen and oxygen atoms in total. The molecule has 6 heteroatoms. The van der Waals surface area contributed by atoms with Crippen LogP contribution in [0.4, 0.5) is 10.1 Å². The minimum Gasteiger partial charge on any atom is -0.366 e. The summed E-state index contributed by atoms with van der Waals surface area (Å²) < 4.78 is 12.9. The molecule has 2 amide bonds. The Morgan fingerprint density at radius 1 is 1.10 bits per heavy atom. The zero-order valence-corrected chi connectivity index (χ0v) is 11.9. The lowest BCUT2D eigenvalue weighted by atomic mass is 10.3. The van der Waals surface area contributed by atoms with E-state index >= 15 is 0 Å². The van der Waals surface area contributed by atoms with Crippen LogP contribution in [0.5, 0.6) is 0 Å². The summed E-state index contributed by atoms with van der Waals surface area (Å²) in [5.74, 6) is -1.49. The Labute approximate surface area is 121 Å². The zero-order chi connectivity index (χ0) is 14.9. The van der Waals surface area contributed by atoms with Crippen molar-refractivity contribution < 1.29 is 14.0 Å². The van der Waals surface area contributed by atoms with Gasteiger partial charge in [0.15, 0.2) is 0 Å². The van der Waals surface area contributed by atoms with E-state index in [1.807, 2.05) is 13.8 Å². The van der Waals surface area contributed by atoms with Gasteiger partial charge in [0.2, 0.25) is 0 Å². The Bertz CT molecular complexity index is 579. The topological polar surface area (TPSA) is 40.6 Å². The predicted molar refractivity (Wildman–Crippen MR) is 74.7 cm³/mol. The normalized spacial score (nSPS) is 15.3. The number of hydrogen-bond donors (Lipinski definition) is 0. The van der Waals surface area contributed by atoms with Crippen molar-refractivity contribution in [3.05, 3.63) is 40.8 Å². The van der Waals surface area contributed by atoms with Gasteiger partial charge in [0.05, 0.1) is 5.69 Å². The number of carbonyl (C=O) groups excluding carboxylic acids is 2. The van der Waals surface area contributed by atoms with E-state index in [-0.39, 0.29) is 10.7 Å². The summed E-state index contributed by atoms with van der Waals surface area (Å²) in [6, 6.07) is 5.14. The monoisotopic (exact) mass is 296 g/mol. The molecule has 0 spiro atoms. The molecule has 0 aromatic heterocycles. The van der Waals surface area contributed by atoms with Crippen LogP contribution in [0.25, 0.3) is 0 Å². The Morgan fingerprint density at radius 3 is 2.15 bits per heavy atom. The molecule has 0 saturated heterocycles. The largest absolute Gasteiger partial charge is 0.366 e. The van der Waals surface area contributed by atoms with Crippen LogP contribution >= 0.6 is 11.6 Å². The SMILES string of the molecule is CCN(CC)C1=C(Cl)C(=O)N(c2ccc(F)cc2)C1=O. The lowest BCUT2D eigenvalue weighted by molar-refractivity contribution is -0.121. The average molecular weight is 297 g/mol. The highest BCUT2D eigenvalue weighted by Gasteiger charge is 2.40. The molecule has 0 atom stereocenters. The number of halogens is 2. The van der Waals surface area contributed by atoms with E-state index in [1.165, 1.54) is 24.3 Å². The quantitative estimate of drug-likeness (QED) is 0.802. The Hall–Kier alpha value is -1.88. The van der Waals surface area contributed by atoms with Gasteiger partial charge in [-0.1, -0.05) is 11.6 Å². The third-order valence-electron chi connectivity index (χ3n) is 3.17. The Morgan fingerprint density at radius 2 is 1.65 bits per heavy atom. The fraction of sp³-hybridized carbons (Fsp3) is 0.286. The molecule has 0 bridgehead atoms. The molecule has 1 heterocycles. The van der Waals surface area contributed by atoms with Crippen molar-refractivity contribution in [1.82, 2.24) is 4.90 Å². The molecule has 1 aliphatic heterocycles. The van der Waals surface area contributed by atoms with Crippen LogP contribution in [0.3, 0.4) is 0 Å². The second kappa shape index (κ2) is 5.63. The van der Waals surface area contributed by atoms with Crippen LogP contribution in [0.1, 0.15) is 13.8 Å². The molecule has 1 aromatic carbocycles. The lowest BCUT2D eigenvalue weighted by Crippen LogP contribution is -2.35. The number of rotatable bonds is 4. The molecule has 20 heavy (non-hydrogen) atoms. The highest BCUT2D eigenvalue weighted by atomic mass is 35.5. The van der Waals surface area contributed by atoms with E-state index in [0.29, 0.717) is 18.8 Å². The number of likely N-dealkylation sites (N-methyl/N-ethyl adjacent to an activating group) is 1. The fourth-order valence-electron chi connectivity index (χ4n) is 2.13. The number of hydrogen-bond acceptors (Lipinski definition) is 3. The average Bonchev–Trinajstić information content (AvgIpc) is 2.66. The molecule has 0 radical (unpaired) electrons. The summed E-state index contributed by atoms with van der Waals surface area (Å²) in [6.07, 6.45) is 0. The molecule has 0 fully saturated rings. The van der Waals surface area contributed by atoms with E-state index in [4.69, 9.17) is 11.6 Å². The van der Waals surface area contributed by atoms with Gasteiger partial charge in [-0.05, 0) is 38.1 Å². The van der Waals surface area contributed by atoms with Crippen LogP contribution in [0, 0.1) is 5.82 Å². The first-order chi connectivity index (χ1) is 9.51. The van der Waals surface area contributed by atoms with Crippen LogP contribution in [-0.4, -0.2) is 29.8 Å². The molecule has 0 saturated carbocycles. The van der Waals surface area contributed by atoms with Crippen molar-refractivity contribution in [2.45, 2.75) is 13.8 Å². The van der Waals surface area contributed by atoms with E-state index in [2.05, 4.69) is 0 Å². The van der Waals surface area contributed by atoms with Crippen LogP contribution in [0.2, 0.25) is 0 Å². The van der Waals surface area contributed by atoms with E-state index in [9.17, 15) is 14.0 Å². The van der Waals surface area contributed by atoms with E-state index < -0.39 is 17.6 Å². The van der Waals surface area contributed by atoms with Crippen LogP contribution in [0.15, 0.2) is 35.0 Å². The second-order valence-corrected chi connectivity index (χ2v) is 4.63. The fourth-order valence-corrected chi connectivity index (χ4v) is 2.41. The number of carbonyl (C=O) groups is 2. The maximum atomic E-state index is 12.9. The molecular formula is C14H14ClFN2O2. The number of amides is 2. The minimum absolute atomic E-state index is 0.0944. The van der Waals surface area contributed by atoms with Crippen molar-refractivity contribution in [1.29, 1.82) is 0 Å². The summed E-state index contributed by atoms with van der Waals surface area (Å²) in [6.45, 7) is 4.88. The number of anilines is 1. The lowest BCUT2D eigenvalue weighted by Gasteiger charge is -2.22. The van der Waals surface area contributed by atoms with Gasteiger partial charge < -0.3 is 4.90 Å². The highest BCUT2D eigenvalue weighted by Crippen LogP contribution is 2.30. The van der Waals surface area contributed by atoms with E-state index in [0.717, 1.165) is 4.90 Å². The molecule has 106 valence electrons. The molecule has 0 N–H and O–H groups in total. The van der Waals surface area contributed by atoms with Gasteiger partial charge in [-0.25, -0.2) is 9.29 Å².